The van der Waals surface area contributed by atoms with E-state index in [0.29, 0.717) is 39.4 Å². The topological polar surface area (TPSA) is 100 Å². The van der Waals surface area contributed by atoms with Crippen LogP contribution in [-0.4, -0.2) is 45.8 Å². The van der Waals surface area contributed by atoms with Gasteiger partial charge in [0.15, 0.2) is 6.61 Å². The number of methoxy groups -OCH3 is 3. The van der Waals surface area contributed by atoms with E-state index >= 15 is 0 Å². The Kier molecular flexibility index (Phi) is 5.82. The number of nitrogens with one attached hydrogen (secondary N) is 1. The molecule has 1 N–H and O–H groups in total. The molecule has 0 spiro atoms. The molecule has 0 saturated heterocycles. The molecule has 0 aromatic heterocycles. The fourth-order valence-electron chi connectivity index (χ4n) is 2.89. The Balaban J connectivity index is 2.03. The molecule has 0 atom stereocenters. The number of benzene rings is 2. The quantitative estimate of drug-likeness (QED) is 0.590. The van der Waals surface area contributed by atoms with Crippen LogP contribution in [0.3, 0.4) is 0 Å². The first-order chi connectivity index (χ1) is 14.0. The molecule has 0 saturated carbocycles. The van der Waals surface area contributed by atoms with E-state index < -0.39 is 11.9 Å². The van der Waals surface area contributed by atoms with Gasteiger partial charge in [-0.3, -0.25) is 4.79 Å². The molecular formula is C21H19NO7. The second-order valence-corrected chi connectivity index (χ2v) is 6.00. The first-order valence-electron chi connectivity index (χ1n) is 8.61. The maximum Gasteiger partial charge on any atom is 0.343 e. The first kappa shape index (κ1) is 19.9. The molecule has 1 heterocycles. The zero-order chi connectivity index (χ0) is 21.0. The van der Waals surface area contributed by atoms with Crippen molar-refractivity contribution in [3.8, 4) is 11.5 Å². The summed E-state index contributed by atoms with van der Waals surface area (Å²) >= 11 is 0. The van der Waals surface area contributed by atoms with Crippen LogP contribution in [0.4, 0.5) is 5.69 Å². The monoisotopic (exact) mass is 397 g/mol. The molecule has 1 aliphatic heterocycles. The van der Waals surface area contributed by atoms with Crippen LogP contribution in [0.1, 0.15) is 21.5 Å². The summed E-state index contributed by atoms with van der Waals surface area (Å²) in [6.45, 7) is -0.287. The molecule has 3 rings (SSSR count). The van der Waals surface area contributed by atoms with Gasteiger partial charge in [0.05, 0.1) is 32.5 Å². The highest BCUT2D eigenvalue weighted by Crippen LogP contribution is 2.38. The Hall–Kier alpha value is -3.81. The Bertz CT molecular complexity index is 1010. The number of anilines is 1. The van der Waals surface area contributed by atoms with E-state index in [4.69, 9.17) is 14.2 Å². The van der Waals surface area contributed by atoms with Crippen molar-refractivity contribution >= 4 is 35.2 Å². The van der Waals surface area contributed by atoms with E-state index in [0.717, 1.165) is 0 Å². The summed E-state index contributed by atoms with van der Waals surface area (Å²) in [6.07, 6.45) is 1.62. The van der Waals surface area contributed by atoms with Gasteiger partial charge in [0.25, 0.3) is 5.91 Å². The van der Waals surface area contributed by atoms with E-state index in [1.807, 2.05) is 0 Å². The molecule has 0 unspecified atom stereocenters. The van der Waals surface area contributed by atoms with Crippen LogP contribution in [0.15, 0.2) is 36.4 Å². The van der Waals surface area contributed by atoms with Crippen LogP contribution >= 0.6 is 0 Å². The van der Waals surface area contributed by atoms with Gasteiger partial charge in [0.2, 0.25) is 0 Å². The fraction of sp³-hybridized carbons (Fsp3) is 0.190. The second-order valence-electron chi connectivity index (χ2n) is 6.00. The minimum atomic E-state index is -0.536. The fourth-order valence-corrected chi connectivity index (χ4v) is 2.89. The van der Waals surface area contributed by atoms with Gasteiger partial charge in [-0.15, -0.1) is 0 Å². The van der Waals surface area contributed by atoms with Crippen LogP contribution in [-0.2, 0) is 19.1 Å². The van der Waals surface area contributed by atoms with E-state index in [2.05, 4.69) is 10.1 Å². The first-order valence-corrected chi connectivity index (χ1v) is 8.61. The minimum Gasteiger partial charge on any atom is -0.496 e. The van der Waals surface area contributed by atoms with Crippen LogP contribution in [0.25, 0.3) is 11.6 Å². The summed E-state index contributed by atoms with van der Waals surface area (Å²) in [5.41, 5.74) is 2.30. The predicted octanol–water partition coefficient (Wildman–Crippen LogP) is 2.53. The summed E-state index contributed by atoms with van der Waals surface area (Å²) in [6, 6.07) is 9.87. The third-order valence-corrected chi connectivity index (χ3v) is 4.33. The van der Waals surface area contributed by atoms with E-state index in [9.17, 15) is 14.4 Å². The number of esters is 2. The van der Waals surface area contributed by atoms with Crippen molar-refractivity contribution in [2.75, 3.05) is 33.3 Å². The molecule has 1 aliphatic rings. The Labute approximate surface area is 167 Å². The number of hydrogen-bond donors (Lipinski definition) is 1. The molecule has 150 valence electrons. The van der Waals surface area contributed by atoms with Crippen LogP contribution in [0, 0.1) is 0 Å². The van der Waals surface area contributed by atoms with Gasteiger partial charge in [-0.25, -0.2) is 9.59 Å². The maximum absolute atomic E-state index is 12.6. The van der Waals surface area contributed by atoms with E-state index in [1.54, 1.807) is 42.5 Å². The van der Waals surface area contributed by atoms with E-state index in [1.165, 1.54) is 21.3 Å². The number of rotatable bonds is 6. The summed E-state index contributed by atoms with van der Waals surface area (Å²) in [5.74, 6) is -0.553. The third-order valence-electron chi connectivity index (χ3n) is 4.33. The highest BCUT2D eigenvalue weighted by Gasteiger charge is 2.26. The molecule has 2 aromatic carbocycles. The lowest BCUT2D eigenvalue weighted by Crippen LogP contribution is -2.13. The highest BCUT2D eigenvalue weighted by molar-refractivity contribution is 6.35. The molecule has 0 fully saturated rings. The van der Waals surface area contributed by atoms with Crippen molar-refractivity contribution in [3.63, 3.8) is 0 Å². The number of ether oxygens (including phenoxy) is 4. The second kappa shape index (κ2) is 8.47. The number of carbonyl (C=O) groups is 3. The van der Waals surface area contributed by atoms with Crippen LogP contribution in [0.2, 0.25) is 0 Å². The third kappa shape index (κ3) is 4.06. The van der Waals surface area contributed by atoms with Gasteiger partial charge >= 0.3 is 11.9 Å². The van der Waals surface area contributed by atoms with Gasteiger partial charge in [-0.1, -0.05) is 12.1 Å². The maximum atomic E-state index is 12.6. The molecule has 8 nitrogen and oxygen atoms in total. The zero-order valence-corrected chi connectivity index (χ0v) is 16.1. The number of carbonyl (C=O) groups excluding carboxylic acids is 3. The summed E-state index contributed by atoms with van der Waals surface area (Å²) in [7, 11) is 4.05. The number of amides is 1. The average molecular weight is 397 g/mol. The highest BCUT2D eigenvalue weighted by atomic mass is 16.6. The van der Waals surface area contributed by atoms with Crippen molar-refractivity contribution in [1.82, 2.24) is 0 Å². The SMILES string of the molecule is COC(=O)COc1cccc(OC)c1/C=C1/C(=O)Nc2cc(C(=O)OC)ccc21. The molecule has 29 heavy (non-hydrogen) atoms. The van der Waals surface area contributed by atoms with Crippen molar-refractivity contribution in [2.24, 2.45) is 0 Å². The summed E-state index contributed by atoms with van der Waals surface area (Å²) < 4.78 is 20.2. The van der Waals surface area contributed by atoms with Crippen molar-refractivity contribution in [3.05, 3.63) is 53.1 Å². The van der Waals surface area contributed by atoms with Crippen molar-refractivity contribution in [2.45, 2.75) is 0 Å². The van der Waals surface area contributed by atoms with Crippen molar-refractivity contribution < 1.29 is 33.3 Å². The van der Waals surface area contributed by atoms with Crippen LogP contribution < -0.4 is 14.8 Å². The molecule has 1 amide bonds. The molecule has 0 aliphatic carbocycles. The smallest absolute Gasteiger partial charge is 0.343 e. The average Bonchev–Trinajstić information content (AvgIpc) is 3.06. The molecule has 0 bridgehead atoms. The zero-order valence-electron chi connectivity index (χ0n) is 16.1. The Morgan fingerprint density at radius 1 is 1.03 bits per heavy atom. The lowest BCUT2D eigenvalue weighted by atomic mass is 10.0. The molecule has 0 radical (unpaired) electrons. The normalized spacial score (nSPS) is 13.5. The van der Waals surface area contributed by atoms with E-state index in [-0.39, 0.29) is 12.5 Å². The van der Waals surface area contributed by atoms with Crippen molar-refractivity contribution in [1.29, 1.82) is 0 Å². The lowest BCUT2D eigenvalue weighted by molar-refractivity contribution is -0.142. The summed E-state index contributed by atoms with van der Waals surface area (Å²) in [5, 5.41) is 2.73. The summed E-state index contributed by atoms with van der Waals surface area (Å²) in [4.78, 5) is 35.7. The Morgan fingerprint density at radius 3 is 2.48 bits per heavy atom. The largest absolute Gasteiger partial charge is 0.496 e. The van der Waals surface area contributed by atoms with Gasteiger partial charge in [-0.2, -0.15) is 0 Å². The Morgan fingerprint density at radius 2 is 1.79 bits per heavy atom. The van der Waals surface area contributed by atoms with Crippen LogP contribution in [0.5, 0.6) is 11.5 Å². The standard InChI is InChI=1S/C21H19NO7/c1-26-17-5-4-6-18(29-11-19(23)27-2)15(17)10-14-13-8-7-12(21(25)28-3)9-16(13)22-20(14)24/h4-10H,11H2,1-3H3,(H,22,24)/b14-10+. The van der Waals surface area contributed by atoms with Gasteiger partial charge in [-0.05, 0) is 30.3 Å². The van der Waals surface area contributed by atoms with Gasteiger partial charge in [0.1, 0.15) is 11.5 Å². The number of fused-ring (bicyclic) bond motifs is 1. The lowest BCUT2D eigenvalue weighted by Gasteiger charge is -2.12. The molecule has 8 heteroatoms. The number of hydrogen-bond acceptors (Lipinski definition) is 7. The van der Waals surface area contributed by atoms with Gasteiger partial charge in [0, 0.05) is 16.8 Å². The molecular weight excluding hydrogens is 378 g/mol. The predicted molar refractivity (Wildman–Crippen MR) is 105 cm³/mol. The minimum absolute atomic E-state index is 0.287. The molecule has 2 aromatic rings. The van der Waals surface area contributed by atoms with Gasteiger partial charge < -0.3 is 24.3 Å².